The van der Waals surface area contributed by atoms with E-state index in [1.54, 1.807) is 6.07 Å². The van der Waals surface area contributed by atoms with Crippen LogP contribution in [0.4, 0.5) is 8.78 Å². The Bertz CT molecular complexity index is 801. The van der Waals surface area contributed by atoms with Crippen LogP contribution in [-0.4, -0.2) is 15.1 Å². The number of pyridine rings is 1. The zero-order valence-electron chi connectivity index (χ0n) is 10.6. The summed E-state index contributed by atoms with van der Waals surface area (Å²) in [7, 11) is 0. The molecule has 0 aliphatic rings. The van der Waals surface area contributed by atoms with Crippen LogP contribution in [0.3, 0.4) is 0 Å². The number of hydrogen-bond acceptors (Lipinski definition) is 4. The van der Waals surface area contributed by atoms with Crippen molar-refractivity contribution < 1.29 is 13.3 Å². The van der Waals surface area contributed by atoms with Crippen molar-refractivity contribution in [3.05, 3.63) is 70.0 Å². The van der Waals surface area contributed by atoms with E-state index in [4.69, 9.17) is 4.52 Å². The Morgan fingerprint density at radius 2 is 1.90 bits per heavy atom. The predicted octanol–water partition coefficient (Wildman–Crippen LogP) is 2.29. The third-order valence-electron chi connectivity index (χ3n) is 2.79. The van der Waals surface area contributed by atoms with Gasteiger partial charge in [-0.15, -0.1) is 0 Å². The average molecular weight is 289 g/mol. The zero-order chi connectivity index (χ0) is 14.8. The number of nitrogens with one attached hydrogen (secondary N) is 1. The van der Waals surface area contributed by atoms with Gasteiger partial charge in [0.1, 0.15) is 11.6 Å². The summed E-state index contributed by atoms with van der Waals surface area (Å²) in [6.45, 7) is 0. The molecule has 5 nitrogen and oxygen atoms in total. The SMILES string of the molecule is O=c1ccc(-c2noc(Cc3cc(F)cc(F)c3)n2)c[nH]1. The van der Waals surface area contributed by atoms with E-state index in [0.717, 1.165) is 6.07 Å². The molecule has 0 unspecified atom stereocenters. The van der Waals surface area contributed by atoms with Crippen molar-refractivity contribution in [3.63, 3.8) is 0 Å². The van der Waals surface area contributed by atoms with Gasteiger partial charge in [0.15, 0.2) is 0 Å². The lowest BCUT2D eigenvalue weighted by Gasteiger charge is -1.97. The highest BCUT2D eigenvalue weighted by atomic mass is 19.1. The van der Waals surface area contributed by atoms with Gasteiger partial charge in [0, 0.05) is 23.9 Å². The molecule has 3 rings (SSSR count). The fraction of sp³-hybridized carbons (Fsp3) is 0.0714. The number of hydrogen-bond donors (Lipinski definition) is 1. The Balaban J connectivity index is 1.85. The number of rotatable bonds is 3. The summed E-state index contributed by atoms with van der Waals surface area (Å²) in [6, 6.07) is 6.09. The van der Waals surface area contributed by atoms with Gasteiger partial charge in [0.05, 0.1) is 6.42 Å². The van der Waals surface area contributed by atoms with Crippen LogP contribution in [0.25, 0.3) is 11.4 Å². The van der Waals surface area contributed by atoms with Gasteiger partial charge in [-0.3, -0.25) is 4.79 Å². The maximum absolute atomic E-state index is 13.1. The van der Waals surface area contributed by atoms with Crippen LogP contribution < -0.4 is 5.56 Å². The second kappa shape index (κ2) is 5.28. The van der Waals surface area contributed by atoms with Crippen molar-refractivity contribution in [2.75, 3.05) is 0 Å². The Morgan fingerprint density at radius 3 is 2.57 bits per heavy atom. The number of nitrogens with zero attached hydrogens (tertiary/aromatic N) is 2. The molecule has 0 bridgehead atoms. The molecule has 0 amide bonds. The maximum Gasteiger partial charge on any atom is 0.247 e. The highest BCUT2D eigenvalue weighted by Crippen LogP contribution is 2.16. The van der Waals surface area contributed by atoms with E-state index in [2.05, 4.69) is 15.1 Å². The number of benzene rings is 1. The summed E-state index contributed by atoms with van der Waals surface area (Å²) >= 11 is 0. The third-order valence-corrected chi connectivity index (χ3v) is 2.79. The second-order valence-electron chi connectivity index (χ2n) is 4.41. The Hall–Kier alpha value is -2.83. The van der Waals surface area contributed by atoms with Gasteiger partial charge in [-0.05, 0) is 23.8 Å². The first-order valence-electron chi connectivity index (χ1n) is 6.07. The molecular formula is C14H9F2N3O2. The molecular weight excluding hydrogens is 280 g/mol. The number of aromatic nitrogens is 3. The lowest BCUT2D eigenvalue weighted by atomic mass is 10.1. The molecule has 0 aliphatic carbocycles. The van der Waals surface area contributed by atoms with Gasteiger partial charge in [-0.1, -0.05) is 5.16 Å². The quantitative estimate of drug-likeness (QED) is 0.803. The number of aromatic amines is 1. The summed E-state index contributed by atoms with van der Waals surface area (Å²) in [6.07, 6.45) is 1.57. The lowest BCUT2D eigenvalue weighted by Crippen LogP contribution is -2.01. The van der Waals surface area contributed by atoms with Gasteiger partial charge in [-0.2, -0.15) is 4.98 Å². The third kappa shape index (κ3) is 3.02. The molecule has 0 atom stereocenters. The van der Waals surface area contributed by atoms with Gasteiger partial charge >= 0.3 is 0 Å². The van der Waals surface area contributed by atoms with Crippen molar-refractivity contribution in [1.82, 2.24) is 15.1 Å². The molecule has 0 aliphatic heterocycles. The fourth-order valence-electron chi connectivity index (χ4n) is 1.88. The van der Waals surface area contributed by atoms with Crippen LogP contribution in [0.1, 0.15) is 11.5 Å². The summed E-state index contributed by atoms with van der Waals surface area (Å²) in [4.78, 5) is 17.6. The first kappa shape index (κ1) is 13.2. The normalized spacial score (nSPS) is 10.8. The van der Waals surface area contributed by atoms with Crippen molar-refractivity contribution in [1.29, 1.82) is 0 Å². The molecule has 0 radical (unpaired) electrons. The van der Waals surface area contributed by atoms with Crippen LogP contribution in [0, 0.1) is 11.6 Å². The Kier molecular flexibility index (Phi) is 3.31. The predicted molar refractivity (Wildman–Crippen MR) is 69.5 cm³/mol. The van der Waals surface area contributed by atoms with E-state index in [9.17, 15) is 13.6 Å². The summed E-state index contributed by atoms with van der Waals surface area (Å²) in [5.74, 6) is -0.810. The van der Waals surface area contributed by atoms with E-state index < -0.39 is 11.6 Å². The van der Waals surface area contributed by atoms with Gasteiger partial charge in [0.2, 0.25) is 17.3 Å². The minimum Gasteiger partial charge on any atom is -0.339 e. The largest absolute Gasteiger partial charge is 0.339 e. The Labute approximate surface area is 117 Å². The summed E-state index contributed by atoms with van der Waals surface area (Å²) in [5, 5.41) is 3.76. The monoisotopic (exact) mass is 289 g/mol. The lowest BCUT2D eigenvalue weighted by molar-refractivity contribution is 0.385. The number of H-pyrrole nitrogens is 1. The minimum absolute atomic E-state index is 0.116. The van der Waals surface area contributed by atoms with Crippen molar-refractivity contribution in [3.8, 4) is 11.4 Å². The smallest absolute Gasteiger partial charge is 0.247 e. The molecule has 2 heterocycles. The van der Waals surface area contributed by atoms with Gasteiger partial charge < -0.3 is 9.51 Å². The second-order valence-corrected chi connectivity index (χ2v) is 4.41. The van der Waals surface area contributed by atoms with Crippen LogP contribution in [0.5, 0.6) is 0 Å². The molecule has 3 aromatic rings. The molecule has 1 aromatic carbocycles. The molecule has 106 valence electrons. The van der Waals surface area contributed by atoms with Crippen LogP contribution in [0.2, 0.25) is 0 Å². The van der Waals surface area contributed by atoms with Crippen LogP contribution in [0.15, 0.2) is 45.8 Å². The van der Waals surface area contributed by atoms with Crippen molar-refractivity contribution in [2.24, 2.45) is 0 Å². The molecule has 21 heavy (non-hydrogen) atoms. The van der Waals surface area contributed by atoms with Gasteiger partial charge in [0.25, 0.3) is 0 Å². The van der Waals surface area contributed by atoms with E-state index >= 15 is 0 Å². The van der Waals surface area contributed by atoms with E-state index in [-0.39, 0.29) is 23.7 Å². The standard InChI is InChI=1S/C14H9F2N3O2/c15-10-3-8(4-11(16)6-10)5-13-18-14(19-21-13)9-1-2-12(20)17-7-9/h1-4,6-7H,5H2,(H,17,20). The van der Waals surface area contributed by atoms with Crippen LogP contribution in [-0.2, 0) is 6.42 Å². The van der Waals surface area contributed by atoms with E-state index in [0.29, 0.717) is 11.1 Å². The first-order chi connectivity index (χ1) is 10.1. The Morgan fingerprint density at radius 1 is 1.14 bits per heavy atom. The summed E-state index contributed by atoms with van der Waals surface area (Å²) in [5.41, 5.74) is 0.733. The highest BCUT2D eigenvalue weighted by Gasteiger charge is 2.10. The first-order valence-corrected chi connectivity index (χ1v) is 6.07. The molecule has 0 saturated heterocycles. The van der Waals surface area contributed by atoms with Crippen molar-refractivity contribution >= 4 is 0 Å². The molecule has 7 heteroatoms. The van der Waals surface area contributed by atoms with Gasteiger partial charge in [-0.25, -0.2) is 8.78 Å². The van der Waals surface area contributed by atoms with Crippen molar-refractivity contribution in [2.45, 2.75) is 6.42 Å². The molecule has 0 fully saturated rings. The average Bonchev–Trinajstić information content (AvgIpc) is 2.87. The zero-order valence-corrected chi connectivity index (χ0v) is 10.6. The van der Waals surface area contributed by atoms with Crippen LogP contribution >= 0.6 is 0 Å². The molecule has 2 aromatic heterocycles. The topological polar surface area (TPSA) is 71.8 Å². The fourth-order valence-corrected chi connectivity index (χ4v) is 1.88. The molecule has 0 saturated carbocycles. The number of halogens is 2. The van der Waals surface area contributed by atoms with E-state index in [1.165, 1.54) is 24.4 Å². The maximum atomic E-state index is 13.1. The molecule has 0 spiro atoms. The summed E-state index contributed by atoms with van der Waals surface area (Å²) < 4.78 is 31.2. The highest BCUT2D eigenvalue weighted by molar-refractivity contribution is 5.51. The minimum atomic E-state index is -0.662. The molecule has 1 N–H and O–H groups in total. The van der Waals surface area contributed by atoms with E-state index in [1.807, 2.05) is 0 Å².